The molecule has 17 heavy (non-hydrogen) atoms. The number of unbranched alkanes of at least 4 members (excludes halogenated alkanes) is 1. The largest absolute Gasteiger partial charge is 0.466 e. The molecule has 100 valence electrons. The van der Waals surface area contributed by atoms with Crippen LogP contribution in [0.25, 0.3) is 0 Å². The van der Waals surface area contributed by atoms with Gasteiger partial charge in [-0.1, -0.05) is 27.2 Å². The normalized spacial score (nSPS) is 12.3. The molecule has 0 aliphatic heterocycles. The second-order valence-electron chi connectivity index (χ2n) is 4.51. The molecule has 0 bridgehead atoms. The zero-order chi connectivity index (χ0) is 13.3. The van der Waals surface area contributed by atoms with E-state index in [9.17, 15) is 9.59 Å². The van der Waals surface area contributed by atoms with Gasteiger partial charge in [-0.3, -0.25) is 9.59 Å². The van der Waals surface area contributed by atoms with Crippen LogP contribution in [0.1, 0.15) is 53.4 Å². The lowest BCUT2D eigenvalue weighted by molar-refractivity contribution is -0.154. The Bertz CT molecular complexity index is 236. The maximum absolute atomic E-state index is 11.4. The highest BCUT2D eigenvalue weighted by atomic mass is 16.5. The maximum Gasteiger partial charge on any atom is 0.306 e. The molecule has 0 spiro atoms. The second kappa shape index (κ2) is 9.02. The van der Waals surface area contributed by atoms with Crippen molar-refractivity contribution in [3.05, 3.63) is 0 Å². The predicted octanol–water partition coefficient (Wildman–Crippen LogP) is 2.70. The van der Waals surface area contributed by atoms with Crippen molar-refractivity contribution in [1.82, 2.24) is 0 Å². The lowest BCUT2D eigenvalue weighted by Gasteiger charge is -2.16. The summed E-state index contributed by atoms with van der Waals surface area (Å²) in [6, 6.07) is 0. The zero-order valence-electron chi connectivity index (χ0n) is 11.3. The average Bonchev–Trinajstić information content (AvgIpc) is 2.26. The number of carbonyl (C=O) groups is 2. The number of rotatable bonds is 8. The van der Waals surface area contributed by atoms with E-state index in [1.165, 1.54) is 0 Å². The molecular formula is C13H24O4. The molecule has 0 saturated carbocycles. The topological polar surface area (TPSA) is 52.6 Å². The molecule has 1 atom stereocenters. The summed E-state index contributed by atoms with van der Waals surface area (Å²) in [6.07, 6.45) is 1.94. The second-order valence-corrected chi connectivity index (χ2v) is 4.51. The molecule has 0 amide bonds. The van der Waals surface area contributed by atoms with Crippen molar-refractivity contribution in [2.24, 2.45) is 5.92 Å². The molecule has 0 N–H and O–H groups in total. The fourth-order valence-corrected chi connectivity index (χ4v) is 1.01. The number of hydrogen-bond acceptors (Lipinski definition) is 4. The standard InChI is InChI=1S/C13H24O4/c1-5-6-9-16-12(14)7-8-13(15)17-11(4)10(2)3/h10-11H,5-9H2,1-4H3. The van der Waals surface area contributed by atoms with Gasteiger partial charge in [-0.2, -0.15) is 0 Å². The first kappa shape index (κ1) is 15.9. The van der Waals surface area contributed by atoms with Crippen LogP contribution in [0.3, 0.4) is 0 Å². The first-order chi connectivity index (χ1) is 7.97. The van der Waals surface area contributed by atoms with Gasteiger partial charge < -0.3 is 9.47 Å². The number of ether oxygens (including phenoxy) is 2. The lowest BCUT2D eigenvalue weighted by Crippen LogP contribution is -2.20. The van der Waals surface area contributed by atoms with Crippen LogP contribution in [0.4, 0.5) is 0 Å². The minimum Gasteiger partial charge on any atom is -0.466 e. The predicted molar refractivity (Wildman–Crippen MR) is 65.5 cm³/mol. The van der Waals surface area contributed by atoms with E-state index in [-0.39, 0.29) is 36.8 Å². The Morgan fingerprint density at radius 3 is 2.18 bits per heavy atom. The fourth-order valence-electron chi connectivity index (χ4n) is 1.01. The Hall–Kier alpha value is -1.06. The Morgan fingerprint density at radius 1 is 1.06 bits per heavy atom. The van der Waals surface area contributed by atoms with Crippen molar-refractivity contribution in [2.45, 2.75) is 59.5 Å². The summed E-state index contributed by atoms with van der Waals surface area (Å²) >= 11 is 0. The monoisotopic (exact) mass is 244 g/mol. The highest BCUT2D eigenvalue weighted by molar-refractivity contribution is 5.77. The Kier molecular flexibility index (Phi) is 8.46. The smallest absolute Gasteiger partial charge is 0.306 e. The number of hydrogen-bond donors (Lipinski definition) is 0. The van der Waals surface area contributed by atoms with Crippen LogP contribution in [0.2, 0.25) is 0 Å². The average molecular weight is 244 g/mol. The molecular weight excluding hydrogens is 220 g/mol. The van der Waals surface area contributed by atoms with Gasteiger partial charge in [0, 0.05) is 0 Å². The quantitative estimate of drug-likeness (QED) is 0.486. The van der Waals surface area contributed by atoms with Crippen molar-refractivity contribution in [3.8, 4) is 0 Å². The van der Waals surface area contributed by atoms with Gasteiger partial charge in [0.25, 0.3) is 0 Å². The number of esters is 2. The summed E-state index contributed by atoms with van der Waals surface area (Å²) in [6.45, 7) is 8.28. The minimum absolute atomic E-state index is 0.0992. The highest BCUT2D eigenvalue weighted by Crippen LogP contribution is 2.07. The summed E-state index contributed by atoms with van der Waals surface area (Å²) in [5, 5.41) is 0. The van der Waals surface area contributed by atoms with Gasteiger partial charge in [-0.05, 0) is 19.3 Å². The van der Waals surface area contributed by atoms with Crippen LogP contribution in [0.5, 0.6) is 0 Å². The summed E-state index contributed by atoms with van der Waals surface area (Å²) in [4.78, 5) is 22.6. The molecule has 4 heteroatoms. The van der Waals surface area contributed by atoms with E-state index in [0.29, 0.717) is 6.61 Å². The molecule has 0 heterocycles. The number of carbonyl (C=O) groups excluding carboxylic acids is 2. The van der Waals surface area contributed by atoms with Gasteiger partial charge >= 0.3 is 11.9 Å². The third kappa shape index (κ3) is 8.72. The Balaban J connectivity index is 3.66. The van der Waals surface area contributed by atoms with Crippen LogP contribution >= 0.6 is 0 Å². The van der Waals surface area contributed by atoms with Crippen molar-refractivity contribution in [1.29, 1.82) is 0 Å². The molecule has 0 saturated heterocycles. The molecule has 0 aromatic heterocycles. The van der Waals surface area contributed by atoms with Crippen molar-refractivity contribution < 1.29 is 19.1 Å². The summed E-state index contributed by atoms with van der Waals surface area (Å²) in [7, 11) is 0. The highest BCUT2D eigenvalue weighted by Gasteiger charge is 2.14. The molecule has 0 aromatic carbocycles. The molecule has 0 rings (SSSR count). The summed E-state index contributed by atoms with van der Waals surface area (Å²) in [5.41, 5.74) is 0. The van der Waals surface area contributed by atoms with Crippen LogP contribution < -0.4 is 0 Å². The molecule has 0 aliphatic carbocycles. The molecule has 4 nitrogen and oxygen atoms in total. The molecule has 0 aromatic rings. The Morgan fingerprint density at radius 2 is 1.65 bits per heavy atom. The van der Waals surface area contributed by atoms with Crippen LogP contribution in [-0.4, -0.2) is 24.6 Å². The van der Waals surface area contributed by atoms with Gasteiger partial charge in [-0.25, -0.2) is 0 Å². The third-order valence-electron chi connectivity index (χ3n) is 2.55. The van der Waals surface area contributed by atoms with Crippen LogP contribution in [0.15, 0.2) is 0 Å². The van der Waals surface area contributed by atoms with E-state index in [4.69, 9.17) is 9.47 Å². The van der Waals surface area contributed by atoms with E-state index >= 15 is 0 Å². The maximum atomic E-state index is 11.4. The minimum atomic E-state index is -0.335. The van der Waals surface area contributed by atoms with Gasteiger partial charge in [0.1, 0.15) is 6.10 Å². The van der Waals surface area contributed by atoms with Gasteiger partial charge in [0.2, 0.25) is 0 Å². The third-order valence-corrected chi connectivity index (χ3v) is 2.55. The Labute approximate surface area is 104 Å². The molecule has 0 fully saturated rings. The molecule has 1 unspecified atom stereocenters. The van der Waals surface area contributed by atoms with Crippen LogP contribution in [-0.2, 0) is 19.1 Å². The lowest BCUT2D eigenvalue weighted by atomic mass is 10.1. The van der Waals surface area contributed by atoms with E-state index in [1.54, 1.807) is 0 Å². The van der Waals surface area contributed by atoms with Crippen LogP contribution in [0, 0.1) is 5.92 Å². The van der Waals surface area contributed by atoms with Gasteiger partial charge in [0.05, 0.1) is 19.4 Å². The first-order valence-corrected chi connectivity index (χ1v) is 6.32. The van der Waals surface area contributed by atoms with E-state index in [1.807, 2.05) is 27.7 Å². The van der Waals surface area contributed by atoms with E-state index in [0.717, 1.165) is 12.8 Å². The van der Waals surface area contributed by atoms with E-state index in [2.05, 4.69) is 0 Å². The fraction of sp³-hybridized carbons (Fsp3) is 0.846. The summed E-state index contributed by atoms with van der Waals surface area (Å²) in [5.74, 6) is -0.373. The van der Waals surface area contributed by atoms with Gasteiger partial charge in [0.15, 0.2) is 0 Å². The first-order valence-electron chi connectivity index (χ1n) is 6.32. The zero-order valence-corrected chi connectivity index (χ0v) is 11.3. The van der Waals surface area contributed by atoms with Crippen molar-refractivity contribution in [3.63, 3.8) is 0 Å². The van der Waals surface area contributed by atoms with Gasteiger partial charge in [-0.15, -0.1) is 0 Å². The SMILES string of the molecule is CCCCOC(=O)CCC(=O)OC(C)C(C)C. The van der Waals surface area contributed by atoms with E-state index < -0.39 is 0 Å². The van der Waals surface area contributed by atoms with Crippen molar-refractivity contribution in [2.75, 3.05) is 6.61 Å². The van der Waals surface area contributed by atoms with Crippen molar-refractivity contribution >= 4 is 11.9 Å². The summed E-state index contributed by atoms with van der Waals surface area (Å²) < 4.78 is 10.1. The molecule has 0 aliphatic rings. The molecule has 0 radical (unpaired) electrons.